The van der Waals surface area contributed by atoms with Crippen molar-refractivity contribution in [1.82, 2.24) is 49.9 Å². The molecule has 6 bridgehead atoms. The second-order valence-electron chi connectivity index (χ2n) is 20.0. The summed E-state index contributed by atoms with van der Waals surface area (Å²) in [6, 6.07) is 8.62. The van der Waals surface area contributed by atoms with E-state index in [1.807, 2.05) is 32.2 Å². The molecule has 3 aromatic heterocycles. The lowest BCUT2D eigenvalue weighted by Gasteiger charge is -2.49. The number of fused-ring (bicyclic) bond motifs is 6. The van der Waals surface area contributed by atoms with E-state index >= 15 is 0 Å². The van der Waals surface area contributed by atoms with Crippen LogP contribution in [-0.4, -0.2) is 170 Å². The summed E-state index contributed by atoms with van der Waals surface area (Å²) in [4.78, 5) is 75.4. The van der Waals surface area contributed by atoms with Gasteiger partial charge < -0.3 is 34.1 Å². The number of carbonyl (C=O) groups is 4. The number of thiazole rings is 1. The van der Waals surface area contributed by atoms with E-state index in [2.05, 4.69) is 87.4 Å². The van der Waals surface area contributed by atoms with Gasteiger partial charge >= 0.3 is 12.0 Å². The monoisotopic (exact) mass is 951 g/mol. The summed E-state index contributed by atoms with van der Waals surface area (Å²) in [5.41, 5.74) is 9.30. The number of likely N-dealkylation sites (tertiary alicyclic amines) is 1. The molecule has 4 amide bonds. The average Bonchev–Trinajstić information content (AvgIpc) is 3.88. The molecule has 3 saturated heterocycles. The number of aromatic nitrogens is 3. The predicted octanol–water partition coefficient (Wildman–Crippen LogP) is 4.71. The highest BCUT2D eigenvalue weighted by atomic mass is 32.1. The molecule has 1 aromatic carbocycles. The number of hydrogen-bond donors (Lipinski definition) is 2. The molecule has 4 aliphatic rings. The molecule has 16 nitrogen and oxygen atoms in total. The van der Waals surface area contributed by atoms with Gasteiger partial charge in [-0.15, -0.1) is 11.3 Å². The van der Waals surface area contributed by atoms with Gasteiger partial charge in [-0.05, 0) is 75.9 Å². The number of piperazine rings is 1. The fourth-order valence-corrected chi connectivity index (χ4v) is 11.4. The van der Waals surface area contributed by atoms with E-state index in [4.69, 9.17) is 19.4 Å². The summed E-state index contributed by atoms with van der Waals surface area (Å²) in [5, 5.41) is 6.79. The first-order valence-electron chi connectivity index (χ1n) is 23.8. The van der Waals surface area contributed by atoms with Crippen LogP contribution in [0.3, 0.4) is 0 Å². The average molecular weight is 952 g/mol. The summed E-state index contributed by atoms with van der Waals surface area (Å²) in [6.07, 6.45) is 3.06. The number of cyclic esters (lactones) is 1. The largest absolute Gasteiger partial charge is 0.464 e. The molecule has 4 aliphatic heterocycles. The van der Waals surface area contributed by atoms with Gasteiger partial charge in [0.15, 0.2) is 0 Å². The maximum atomic E-state index is 14.8. The summed E-state index contributed by atoms with van der Waals surface area (Å²) in [5.74, 6) is -1.66. The number of pyridine rings is 1. The van der Waals surface area contributed by atoms with Crippen molar-refractivity contribution in [2.24, 2.45) is 11.3 Å². The molecule has 359 valence electrons. The minimum atomic E-state index is -1.40. The Morgan fingerprint density at radius 2 is 1.85 bits per heavy atom. The lowest BCUT2D eigenvalue weighted by Crippen LogP contribution is -2.68. The Balaban J connectivity index is 1.13. The van der Waals surface area contributed by atoms with Gasteiger partial charge in [0.05, 0.1) is 45.0 Å². The Bertz CT molecular complexity index is 2480. The van der Waals surface area contributed by atoms with Crippen LogP contribution in [-0.2, 0) is 43.2 Å². The van der Waals surface area contributed by atoms with Gasteiger partial charge in [0.2, 0.25) is 5.91 Å². The van der Waals surface area contributed by atoms with Crippen molar-refractivity contribution in [3.63, 3.8) is 0 Å². The van der Waals surface area contributed by atoms with Crippen molar-refractivity contribution in [2.75, 3.05) is 73.6 Å². The number of carbonyl (C=O) groups excluding carboxylic acids is 4. The SMILES string of the molecule is CCn1c(-c2cccnc2[C@H](C)OC)c2c3cc(ccc31)-c1csc(n1)C[C@H](NC(=O)[C@H](C(C)C)N(C)C(=O)N1CC(N3CCN(C)CC3)C1)C(=O)N1CCC[C@@]([Si])(N1)C(=O)OCC(C)(C)C2. The van der Waals surface area contributed by atoms with Crippen molar-refractivity contribution >= 4 is 56.3 Å². The van der Waals surface area contributed by atoms with E-state index in [-0.39, 0.29) is 31.1 Å². The molecule has 3 radical (unpaired) electrons. The predicted molar refractivity (Wildman–Crippen MR) is 260 cm³/mol. The van der Waals surface area contributed by atoms with E-state index in [1.54, 1.807) is 25.3 Å². The molecule has 0 aliphatic carbocycles. The molecule has 4 atom stereocenters. The van der Waals surface area contributed by atoms with E-state index in [1.165, 1.54) is 21.2 Å². The maximum absolute atomic E-state index is 14.8. The number of urea groups is 1. The van der Waals surface area contributed by atoms with Crippen LogP contribution >= 0.6 is 11.3 Å². The molecule has 18 heteroatoms. The molecule has 0 saturated carbocycles. The number of benzene rings is 1. The number of hydrazine groups is 1. The topological polar surface area (TPSA) is 158 Å². The molecule has 67 heavy (non-hydrogen) atoms. The zero-order valence-corrected chi connectivity index (χ0v) is 42.4. The summed E-state index contributed by atoms with van der Waals surface area (Å²) in [6.45, 7) is 18.4. The number of amides is 4. The van der Waals surface area contributed by atoms with E-state index in [9.17, 15) is 19.2 Å². The van der Waals surface area contributed by atoms with Crippen LogP contribution < -0.4 is 10.7 Å². The molecule has 2 N–H and O–H groups in total. The lowest BCUT2D eigenvalue weighted by atomic mass is 9.84. The second-order valence-corrected chi connectivity index (χ2v) is 21.8. The maximum Gasteiger partial charge on any atom is 0.323 e. The van der Waals surface area contributed by atoms with E-state index in [0.29, 0.717) is 56.5 Å². The third kappa shape index (κ3) is 9.93. The molecule has 8 rings (SSSR count). The number of nitrogens with one attached hydrogen (secondary N) is 2. The van der Waals surface area contributed by atoms with Gasteiger partial charge in [-0.25, -0.2) is 15.2 Å². The van der Waals surface area contributed by atoms with Crippen LogP contribution in [0.25, 0.3) is 33.4 Å². The fourth-order valence-electron chi connectivity index (χ4n) is 10.2. The lowest BCUT2D eigenvalue weighted by molar-refractivity contribution is -0.158. The summed E-state index contributed by atoms with van der Waals surface area (Å²) >= 11 is 1.43. The van der Waals surface area contributed by atoms with Gasteiger partial charge in [-0.2, -0.15) is 0 Å². The number of aryl methyl sites for hydroxylation is 1. The molecule has 3 fully saturated rings. The number of methoxy groups -OCH3 is 1. The van der Waals surface area contributed by atoms with Crippen LogP contribution in [0.5, 0.6) is 0 Å². The number of ether oxygens (including phenoxy) is 2. The number of hydrogen-bond acceptors (Lipinski definition) is 12. The van der Waals surface area contributed by atoms with Gasteiger partial charge in [0.1, 0.15) is 17.2 Å². The van der Waals surface area contributed by atoms with Crippen LogP contribution in [0.1, 0.15) is 76.8 Å². The van der Waals surface area contributed by atoms with Gasteiger partial charge in [-0.3, -0.25) is 29.3 Å². The summed E-state index contributed by atoms with van der Waals surface area (Å²) < 4.78 is 14.3. The zero-order chi connectivity index (χ0) is 47.9. The van der Waals surface area contributed by atoms with Gasteiger partial charge in [0.25, 0.3) is 5.91 Å². The highest BCUT2D eigenvalue weighted by Gasteiger charge is 2.45. The van der Waals surface area contributed by atoms with Crippen LogP contribution in [0, 0.1) is 11.3 Å². The fraction of sp³-hybridized carbons (Fsp3) is 0.592. The highest BCUT2D eigenvalue weighted by Crippen LogP contribution is 2.42. The molecular weight excluding hydrogens is 885 g/mol. The van der Waals surface area contributed by atoms with Gasteiger partial charge in [-0.1, -0.05) is 33.8 Å². The smallest absolute Gasteiger partial charge is 0.323 e. The van der Waals surface area contributed by atoms with E-state index in [0.717, 1.165) is 70.9 Å². The van der Waals surface area contributed by atoms with Crippen molar-refractivity contribution in [1.29, 1.82) is 0 Å². The number of rotatable bonds is 9. The Hall–Kier alpha value is -4.72. The Morgan fingerprint density at radius 1 is 1.10 bits per heavy atom. The Morgan fingerprint density at radius 3 is 2.55 bits per heavy atom. The summed E-state index contributed by atoms with van der Waals surface area (Å²) in [7, 11) is 9.23. The van der Waals surface area contributed by atoms with Crippen molar-refractivity contribution in [3.8, 4) is 22.5 Å². The highest BCUT2D eigenvalue weighted by molar-refractivity contribution is 7.10. The first kappa shape index (κ1) is 48.7. The van der Waals surface area contributed by atoms with Gasteiger partial charge in [0, 0.05) is 118 Å². The quantitative estimate of drug-likeness (QED) is 0.177. The third-order valence-corrected chi connectivity index (χ3v) is 15.5. The first-order valence-corrected chi connectivity index (χ1v) is 25.1. The normalized spacial score (nSPS) is 23.1. The molecule has 0 unspecified atom stereocenters. The number of likely N-dealkylation sites (N-methyl/N-ethyl adjacent to an activating group) is 2. The molecule has 4 aromatic rings. The van der Waals surface area contributed by atoms with Crippen molar-refractivity contribution in [3.05, 3.63) is 58.2 Å². The number of nitrogens with zero attached hydrogens (tertiary/aromatic N) is 8. The Labute approximate surface area is 402 Å². The third-order valence-electron chi connectivity index (χ3n) is 14.1. The standard InChI is InChI=1S/C49H67N10O6SSi/c1-10-58-39-15-14-32-23-35(39)36(43(58)34-13-11-17-50-41(34)31(4)64-9)25-48(5,6)29-65-46(62)49(67)16-12-18-59(53-49)45(61)37(24-40-51-38(32)28-66-40)52-44(60)42(30(2)3)55(8)47(63)57-26-33(27-57)56-21-19-54(7)20-22-56/h11,13-15,17,23,28,30-31,33,37,42,53H,10,12,16,18-22,24-27,29H2,1-9H3,(H,52,60)/t31-,37-,42-,49-/m0/s1. The van der Waals surface area contributed by atoms with E-state index < -0.39 is 40.4 Å². The first-order chi connectivity index (χ1) is 31.9. The minimum absolute atomic E-state index is 0.0907. The second kappa shape index (κ2) is 19.7. The van der Waals surface area contributed by atoms with Crippen LogP contribution in [0.2, 0.25) is 0 Å². The molecular formula is C49H67N10O6SSi. The van der Waals surface area contributed by atoms with Crippen LogP contribution in [0.15, 0.2) is 41.9 Å². The van der Waals surface area contributed by atoms with Crippen molar-refractivity contribution < 1.29 is 28.7 Å². The van der Waals surface area contributed by atoms with Crippen LogP contribution in [0.4, 0.5) is 4.79 Å². The molecule has 0 spiro atoms. The minimum Gasteiger partial charge on any atom is -0.464 e. The number of esters is 1. The zero-order valence-electron chi connectivity index (χ0n) is 40.6. The Kier molecular flexibility index (Phi) is 14.3. The molecule has 7 heterocycles. The van der Waals surface area contributed by atoms with Crippen molar-refractivity contribution in [2.45, 2.75) is 103 Å².